The van der Waals surface area contributed by atoms with Crippen molar-refractivity contribution < 1.29 is 5.11 Å². The zero-order valence-electron chi connectivity index (χ0n) is 7.90. The smallest absolute Gasteiger partial charge is 0.100 e. The Morgan fingerprint density at radius 1 is 1.17 bits per heavy atom. The van der Waals surface area contributed by atoms with Crippen molar-refractivity contribution in [3.8, 4) is 0 Å². The number of unbranched alkanes of at least 4 members (excludes halogenated alkanes) is 1. The number of nitrogens with zero attached hydrogens (tertiary/aromatic N) is 2. The predicted molar refractivity (Wildman–Crippen MR) is 49.4 cm³/mol. The van der Waals surface area contributed by atoms with Crippen LogP contribution in [0.5, 0.6) is 0 Å². The largest absolute Gasteiger partial charge is 0.396 e. The second-order valence-corrected chi connectivity index (χ2v) is 3.33. The standard InChI is InChI=1S/C9H18N2O/c1-10-6-7-11(2)9(10)5-3-4-8-12/h6-7,9,12H,3-5,8H2,1-2H3. The highest BCUT2D eigenvalue weighted by Crippen LogP contribution is 2.16. The van der Waals surface area contributed by atoms with Crippen LogP contribution in [0.2, 0.25) is 0 Å². The van der Waals surface area contributed by atoms with E-state index in [9.17, 15) is 0 Å². The fourth-order valence-electron chi connectivity index (χ4n) is 1.54. The molecule has 3 heteroatoms. The summed E-state index contributed by atoms with van der Waals surface area (Å²) in [6, 6.07) is 0. The quantitative estimate of drug-likeness (QED) is 0.633. The van der Waals surface area contributed by atoms with Gasteiger partial charge >= 0.3 is 0 Å². The highest BCUT2D eigenvalue weighted by molar-refractivity contribution is 4.93. The molecule has 0 saturated carbocycles. The zero-order chi connectivity index (χ0) is 8.97. The highest BCUT2D eigenvalue weighted by atomic mass is 16.2. The van der Waals surface area contributed by atoms with Gasteiger partial charge in [-0.05, 0) is 19.3 Å². The van der Waals surface area contributed by atoms with E-state index in [0.29, 0.717) is 12.8 Å². The lowest BCUT2D eigenvalue weighted by Gasteiger charge is -2.27. The van der Waals surface area contributed by atoms with Gasteiger partial charge in [-0.3, -0.25) is 0 Å². The van der Waals surface area contributed by atoms with Crippen molar-refractivity contribution in [1.29, 1.82) is 0 Å². The van der Waals surface area contributed by atoms with Gasteiger partial charge in [0.15, 0.2) is 0 Å². The Morgan fingerprint density at radius 2 is 1.75 bits per heavy atom. The molecule has 1 aliphatic rings. The van der Waals surface area contributed by atoms with Gasteiger partial charge in [-0.2, -0.15) is 0 Å². The summed E-state index contributed by atoms with van der Waals surface area (Å²) in [4.78, 5) is 4.41. The Kier molecular flexibility index (Phi) is 3.41. The van der Waals surface area contributed by atoms with Gasteiger partial charge in [0.25, 0.3) is 0 Å². The third-order valence-electron chi connectivity index (χ3n) is 2.35. The Hall–Kier alpha value is -0.700. The molecular formula is C9H18N2O. The van der Waals surface area contributed by atoms with Crippen LogP contribution in [0.4, 0.5) is 0 Å². The molecular weight excluding hydrogens is 152 g/mol. The number of hydrogen-bond donors (Lipinski definition) is 1. The van der Waals surface area contributed by atoms with E-state index in [1.54, 1.807) is 0 Å². The molecule has 12 heavy (non-hydrogen) atoms. The number of aliphatic hydroxyl groups is 1. The first-order valence-electron chi connectivity index (χ1n) is 4.49. The first kappa shape index (κ1) is 9.39. The molecule has 0 aliphatic carbocycles. The van der Waals surface area contributed by atoms with Crippen molar-refractivity contribution in [1.82, 2.24) is 9.80 Å². The van der Waals surface area contributed by atoms with Gasteiger partial charge in [-0.1, -0.05) is 0 Å². The van der Waals surface area contributed by atoms with Crippen LogP contribution in [-0.2, 0) is 0 Å². The number of hydrogen-bond acceptors (Lipinski definition) is 3. The fourth-order valence-corrected chi connectivity index (χ4v) is 1.54. The molecule has 0 bridgehead atoms. The van der Waals surface area contributed by atoms with Crippen LogP contribution >= 0.6 is 0 Å². The van der Waals surface area contributed by atoms with Gasteiger partial charge in [0, 0.05) is 33.1 Å². The molecule has 0 spiro atoms. The second-order valence-electron chi connectivity index (χ2n) is 3.33. The molecule has 1 rings (SSSR count). The third-order valence-corrected chi connectivity index (χ3v) is 2.35. The van der Waals surface area contributed by atoms with E-state index >= 15 is 0 Å². The van der Waals surface area contributed by atoms with Gasteiger partial charge in [-0.25, -0.2) is 0 Å². The van der Waals surface area contributed by atoms with E-state index < -0.39 is 0 Å². The van der Waals surface area contributed by atoms with Crippen LogP contribution in [0.15, 0.2) is 12.4 Å². The van der Waals surface area contributed by atoms with E-state index in [4.69, 9.17) is 5.11 Å². The second kappa shape index (κ2) is 4.36. The van der Waals surface area contributed by atoms with Crippen molar-refractivity contribution in [2.45, 2.75) is 25.4 Å². The molecule has 1 aliphatic heterocycles. The molecule has 1 N–H and O–H groups in total. The minimum atomic E-state index is 0.313. The monoisotopic (exact) mass is 170 g/mol. The summed E-state index contributed by atoms with van der Waals surface area (Å²) in [6.45, 7) is 0.313. The molecule has 0 atom stereocenters. The summed E-state index contributed by atoms with van der Waals surface area (Å²) in [5.74, 6) is 0. The maximum atomic E-state index is 8.63. The Bertz CT molecular complexity index is 147. The normalized spacial score (nSPS) is 17.9. The molecule has 70 valence electrons. The molecule has 0 amide bonds. The van der Waals surface area contributed by atoms with Crippen LogP contribution in [0, 0.1) is 0 Å². The zero-order valence-corrected chi connectivity index (χ0v) is 7.90. The average molecular weight is 170 g/mol. The third kappa shape index (κ3) is 2.14. The van der Waals surface area contributed by atoms with Crippen molar-refractivity contribution in [2.24, 2.45) is 0 Å². The van der Waals surface area contributed by atoms with Crippen LogP contribution < -0.4 is 0 Å². The van der Waals surface area contributed by atoms with E-state index in [1.807, 2.05) is 0 Å². The molecule has 0 fully saturated rings. The van der Waals surface area contributed by atoms with Crippen LogP contribution in [0.3, 0.4) is 0 Å². The summed E-state index contributed by atoms with van der Waals surface area (Å²) < 4.78 is 0. The number of aliphatic hydroxyl groups excluding tert-OH is 1. The van der Waals surface area contributed by atoms with E-state index in [1.165, 1.54) is 0 Å². The summed E-state index contributed by atoms with van der Waals surface area (Å²) in [7, 11) is 4.17. The maximum Gasteiger partial charge on any atom is 0.100 e. The van der Waals surface area contributed by atoms with Crippen molar-refractivity contribution in [3.05, 3.63) is 12.4 Å². The first-order valence-corrected chi connectivity index (χ1v) is 4.49. The van der Waals surface area contributed by atoms with Crippen LogP contribution in [0.1, 0.15) is 19.3 Å². The fraction of sp³-hybridized carbons (Fsp3) is 0.778. The molecule has 0 unspecified atom stereocenters. The lowest BCUT2D eigenvalue weighted by atomic mass is 10.2. The highest BCUT2D eigenvalue weighted by Gasteiger charge is 2.18. The Balaban J connectivity index is 2.23. The average Bonchev–Trinajstić information content (AvgIpc) is 2.35. The summed E-state index contributed by atoms with van der Waals surface area (Å²) in [6.07, 6.45) is 7.81. The SMILES string of the molecule is CN1C=CN(C)C1CCCCO. The number of rotatable bonds is 4. The Labute approximate surface area is 74.3 Å². The van der Waals surface area contributed by atoms with Gasteiger partial charge in [0.1, 0.15) is 6.17 Å². The van der Waals surface area contributed by atoms with Crippen LogP contribution in [0.25, 0.3) is 0 Å². The van der Waals surface area contributed by atoms with Gasteiger partial charge < -0.3 is 14.9 Å². The van der Waals surface area contributed by atoms with E-state index in [2.05, 4.69) is 36.3 Å². The molecule has 0 radical (unpaired) electrons. The molecule has 1 heterocycles. The maximum absolute atomic E-state index is 8.63. The van der Waals surface area contributed by atoms with Crippen molar-refractivity contribution in [2.75, 3.05) is 20.7 Å². The summed E-state index contributed by atoms with van der Waals surface area (Å²) in [5, 5.41) is 8.63. The topological polar surface area (TPSA) is 26.7 Å². The molecule has 3 nitrogen and oxygen atoms in total. The lowest BCUT2D eigenvalue weighted by molar-refractivity contribution is 0.182. The molecule has 0 aromatic carbocycles. The minimum Gasteiger partial charge on any atom is -0.396 e. The molecule has 0 aromatic heterocycles. The van der Waals surface area contributed by atoms with Gasteiger partial charge in [-0.15, -0.1) is 0 Å². The molecule has 0 aromatic rings. The first-order chi connectivity index (χ1) is 5.75. The van der Waals surface area contributed by atoms with Crippen molar-refractivity contribution in [3.63, 3.8) is 0 Å². The van der Waals surface area contributed by atoms with Crippen molar-refractivity contribution >= 4 is 0 Å². The van der Waals surface area contributed by atoms with E-state index in [-0.39, 0.29) is 0 Å². The predicted octanol–water partition coefficient (Wildman–Crippen LogP) is 0.823. The minimum absolute atomic E-state index is 0.313. The van der Waals surface area contributed by atoms with Gasteiger partial charge in [0.05, 0.1) is 0 Å². The summed E-state index contributed by atoms with van der Waals surface area (Å²) in [5.41, 5.74) is 0. The van der Waals surface area contributed by atoms with Gasteiger partial charge in [0.2, 0.25) is 0 Å². The van der Waals surface area contributed by atoms with Crippen LogP contribution in [-0.4, -0.2) is 41.8 Å². The lowest BCUT2D eigenvalue weighted by Crippen LogP contribution is -2.33. The summed E-state index contributed by atoms with van der Waals surface area (Å²) >= 11 is 0. The Morgan fingerprint density at radius 3 is 2.25 bits per heavy atom. The van der Waals surface area contributed by atoms with E-state index in [0.717, 1.165) is 19.3 Å². The molecule has 0 saturated heterocycles.